The van der Waals surface area contributed by atoms with E-state index in [1.807, 2.05) is 30.0 Å². The summed E-state index contributed by atoms with van der Waals surface area (Å²) in [5, 5.41) is 7.26. The minimum Gasteiger partial charge on any atom is -0.376 e. The van der Waals surface area contributed by atoms with E-state index in [9.17, 15) is 0 Å². The van der Waals surface area contributed by atoms with Crippen LogP contribution in [0.4, 0.5) is 0 Å². The zero-order chi connectivity index (χ0) is 16.2. The van der Waals surface area contributed by atoms with Crippen molar-refractivity contribution in [3.63, 3.8) is 0 Å². The van der Waals surface area contributed by atoms with Gasteiger partial charge in [0.15, 0.2) is 5.96 Å². The fourth-order valence-electron chi connectivity index (χ4n) is 1.83. The number of thioether (sulfide) groups is 1. The van der Waals surface area contributed by atoms with Gasteiger partial charge in [-0.1, -0.05) is 44.2 Å². The minimum absolute atomic E-state index is 0. The van der Waals surface area contributed by atoms with Crippen LogP contribution >= 0.6 is 35.7 Å². The number of rotatable bonds is 9. The predicted octanol–water partition coefficient (Wildman–Crippen LogP) is 3.37. The Kier molecular flexibility index (Phi) is 13.6. The van der Waals surface area contributed by atoms with E-state index in [0.29, 0.717) is 17.8 Å². The number of hydrogen-bond acceptors (Lipinski definition) is 3. The molecule has 1 aromatic rings. The van der Waals surface area contributed by atoms with E-state index >= 15 is 0 Å². The van der Waals surface area contributed by atoms with Crippen molar-refractivity contribution < 1.29 is 4.74 Å². The van der Waals surface area contributed by atoms with Crippen LogP contribution in [0, 0.1) is 5.92 Å². The van der Waals surface area contributed by atoms with Gasteiger partial charge in [-0.15, -0.1) is 24.0 Å². The molecule has 0 aromatic heterocycles. The molecule has 0 radical (unpaired) electrons. The summed E-state index contributed by atoms with van der Waals surface area (Å²) in [7, 11) is 1.80. The first-order valence-electron chi connectivity index (χ1n) is 7.74. The molecule has 4 nitrogen and oxygen atoms in total. The highest BCUT2D eigenvalue weighted by molar-refractivity contribution is 14.0. The zero-order valence-corrected chi connectivity index (χ0v) is 17.7. The topological polar surface area (TPSA) is 45.7 Å². The normalized spacial score (nSPS) is 13.8. The van der Waals surface area contributed by atoms with E-state index in [1.54, 1.807) is 7.05 Å². The van der Waals surface area contributed by atoms with Gasteiger partial charge < -0.3 is 15.4 Å². The van der Waals surface area contributed by atoms with Gasteiger partial charge in [0.2, 0.25) is 0 Å². The molecular formula is C17H30IN3OS. The van der Waals surface area contributed by atoms with Crippen molar-refractivity contribution >= 4 is 41.7 Å². The summed E-state index contributed by atoms with van der Waals surface area (Å²) in [5.74, 6) is 1.29. The molecule has 0 spiro atoms. The molecule has 1 aromatic carbocycles. The van der Waals surface area contributed by atoms with Gasteiger partial charge in [-0.05, 0) is 17.7 Å². The second-order valence-corrected chi connectivity index (χ2v) is 6.76. The van der Waals surface area contributed by atoms with Crippen LogP contribution in [0.1, 0.15) is 19.4 Å². The molecule has 0 amide bonds. The van der Waals surface area contributed by atoms with Gasteiger partial charge in [-0.3, -0.25) is 4.99 Å². The van der Waals surface area contributed by atoms with Gasteiger partial charge in [0.25, 0.3) is 0 Å². The number of hydrogen-bond donors (Lipinski definition) is 2. The highest BCUT2D eigenvalue weighted by Crippen LogP contribution is 2.03. The van der Waals surface area contributed by atoms with Crippen molar-refractivity contribution in [2.45, 2.75) is 25.7 Å². The Morgan fingerprint density at radius 2 is 1.83 bits per heavy atom. The van der Waals surface area contributed by atoms with Gasteiger partial charge in [0.1, 0.15) is 0 Å². The van der Waals surface area contributed by atoms with Crippen molar-refractivity contribution in [1.82, 2.24) is 10.6 Å². The first-order chi connectivity index (χ1) is 10.7. The van der Waals surface area contributed by atoms with Crippen LogP contribution in [0.15, 0.2) is 35.3 Å². The Morgan fingerprint density at radius 1 is 1.17 bits per heavy atom. The lowest BCUT2D eigenvalue weighted by Gasteiger charge is -2.17. The first kappa shape index (κ1) is 22.5. The minimum atomic E-state index is 0. The molecule has 2 unspecified atom stereocenters. The summed E-state index contributed by atoms with van der Waals surface area (Å²) < 4.78 is 5.76. The number of benzene rings is 1. The standard InChI is InChI=1S/C17H29N3OS.HI/c1-14(12-21-13-16-8-6-5-7-9-16)10-19-17(18-3)20-11-15(2)22-4;/h5-9,14-15H,10-13H2,1-4H3,(H2,18,19,20);1H. The highest BCUT2D eigenvalue weighted by Gasteiger charge is 2.06. The Bertz CT molecular complexity index is 431. The smallest absolute Gasteiger partial charge is 0.191 e. The number of nitrogens with zero attached hydrogens (tertiary/aromatic N) is 1. The van der Waals surface area contributed by atoms with E-state index in [1.165, 1.54) is 5.56 Å². The fraction of sp³-hybridized carbons (Fsp3) is 0.588. The molecule has 132 valence electrons. The molecule has 0 saturated carbocycles. The Labute approximate surface area is 162 Å². The second-order valence-electron chi connectivity index (χ2n) is 5.49. The zero-order valence-electron chi connectivity index (χ0n) is 14.5. The van der Waals surface area contributed by atoms with Gasteiger partial charge >= 0.3 is 0 Å². The third kappa shape index (κ3) is 10.8. The molecule has 1 rings (SSSR count). The molecule has 0 aliphatic carbocycles. The molecule has 23 heavy (non-hydrogen) atoms. The van der Waals surface area contributed by atoms with Crippen LogP contribution in [-0.4, -0.2) is 44.2 Å². The maximum absolute atomic E-state index is 5.76. The van der Waals surface area contributed by atoms with Crippen molar-refractivity contribution in [2.24, 2.45) is 10.9 Å². The lowest BCUT2D eigenvalue weighted by Crippen LogP contribution is -2.42. The van der Waals surface area contributed by atoms with Crippen molar-refractivity contribution in [1.29, 1.82) is 0 Å². The summed E-state index contributed by atoms with van der Waals surface area (Å²) in [4.78, 5) is 4.24. The third-order valence-corrected chi connectivity index (χ3v) is 4.29. The molecule has 0 aliphatic rings. The Morgan fingerprint density at radius 3 is 2.43 bits per heavy atom. The van der Waals surface area contributed by atoms with Crippen molar-refractivity contribution in [3.05, 3.63) is 35.9 Å². The second kappa shape index (κ2) is 13.9. The van der Waals surface area contributed by atoms with Crippen molar-refractivity contribution in [2.75, 3.05) is 33.0 Å². The van der Waals surface area contributed by atoms with Crippen LogP contribution in [-0.2, 0) is 11.3 Å². The summed E-state index contributed by atoms with van der Waals surface area (Å²) in [5.41, 5.74) is 1.21. The summed E-state index contributed by atoms with van der Waals surface area (Å²) in [6, 6.07) is 10.3. The molecule has 2 N–H and O–H groups in total. The van der Waals surface area contributed by atoms with Gasteiger partial charge in [-0.25, -0.2) is 0 Å². The number of aliphatic imine (C=N–C) groups is 1. The molecule has 0 aliphatic heterocycles. The monoisotopic (exact) mass is 451 g/mol. The summed E-state index contributed by atoms with van der Waals surface area (Å²) in [6.07, 6.45) is 2.12. The Hall–Kier alpha value is -0.470. The molecule has 6 heteroatoms. The largest absolute Gasteiger partial charge is 0.376 e. The maximum Gasteiger partial charge on any atom is 0.191 e. The average molecular weight is 451 g/mol. The molecule has 0 bridgehead atoms. The third-order valence-electron chi connectivity index (χ3n) is 3.31. The molecule has 0 saturated heterocycles. The molecular weight excluding hydrogens is 421 g/mol. The van der Waals surface area contributed by atoms with Crippen LogP contribution in [0.5, 0.6) is 0 Å². The summed E-state index contributed by atoms with van der Waals surface area (Å²) >= 11 is 1.85. The molecule has 0 fully saturated rings. The predicted molar refractivity (Wildman–Crippen MR) is 113 cm³/mol. The highest BCUT2D eigenvalue weighted by atomic mass is 127. The van der Waals surface area contributed by atoms with Crippen LogP contribution in [0.25, 0.3) is 0 Å². The van der Waals surface area contributed by atoms with Crippen LogP contribution in [0.2, 0.25) is 0 Å². The van der Waals surface area contributed by atoms with Gasteiger partial charge in [0.05, 0.1) is 13.2 Å². The number of ether oxygens (including phenoxy) is 1. The SMILES string of the molecule is CN=C(NCC(C)COCc1ccccc1)NCC(C)SC.I. The van der Waals surface area contributed by atoms with Gasteiger partial charge in [-0.2, -0.15) is 11.8 Å². The van der Waals surface area contributed by atoms with E-state index < -0.39 is 0 Å². The van der Waals surface area contributed by atoms with Gasteiger partial charge in [0, 0.05) is 25.4 Å². The summed E-state index contributed by atoms with van der Waals surface area (Å²) in [6.45, 7) is 7.55. The lowest BCUT2D eigenvalue weighted by molar-refractivity contribution is 0.0931. The van der Waals surface area contributed by atoms with Crippen molar-refractivity contribution in [3.8, 4) is 0 Å². The van der Waals surface area contributed by atoms with E-state index in [2.05, 4.69) is 47.9 Å². The molecule has 0 heterocycles. The van der Waals surface area contributed by atoms with E-state index in [4.69, 9.17) is 4.74 Å². The fourth-order valence-corrected chi connectivity index (χ4v) is 2.08. The lowest BCUT2D eigenvalue weighted by atomic mass is 10.2. The number of nitrogens with one attached hydrogen (secondary N) is 2. The molecule has 2 atom stereocenters. The number of halogens is 1. The van der Waals surface area contributed by atoms with Crippen LogP contribution < -0.4 is 10.6 Å². The first-order valence-corrected chi connectivity index (χ1v) is 9.03. The number of guanidine groups is 1. The average Bonchev–Trinajstić information content (AvgIpc) is 2.55. The van der Waals surface area contributed by atoms with Crippen LogP contribution in [0.3, 0.4) is 0 Å². The maximum atomic E-state index is 5.76. The van der Waals surface area contributed by atoms with E-state index in [-0.39, 0.29) is 24.0 Å². The Balaban J connectivity index is 0.00000484. The van der Waals surface area contributed by atoms with E-state index in [0.717, 1.165) is 25.7 Å². The quantitative estimate of drug-likeness (QED) is 0.343.